The summed E-state index contributed by atoms with van der Waals surface area (Å²) in [7, 11) is 0. The number of carbonyl (C=O) groups excluding carboxylic acids is 1. The molecule has 0 aliphatic rings. The maximum atomic E-state index is 14.2. The highest BCUT2D eigenvalue weighted by atomic mass is 19.1. The van der Waals surface area contributed by atoms with Crippen LogP contribution in [0, 0.1) is 18.6 Å². The zero-order chi connectivity index (χ0) is 21.1. The van der Waals surface area contributed by atoms with Gasteiger partial charge in [0, 0.05) is 0 Å². The Morgan fingerprint density at radius 2 is 1.93 bits per heavy atom. The fourth-order valence-corrected chi connectivity index (χ4v) is 2.66. The number of halogens is 2. The SMILES string of the molecule is Cc1nnnn1-c1ccc(F)c(NC(=O)c2ccc(COc3ccc(F)cc3)o2)c1. The van der Waals surface area contributed by atoms with Gasteiger partial charge in [0.2, 0.25) is 0 Å². The molecule has 0 fully saturated rings. The van der Waals surface area contributed by atoms with E-state index in [2.05, 4.69) is 20.8 Å². The van der Waals surface area contributed by atoms with Crippen LogP contribution in [0.1, 0.15) is 22.1 Å². The van der Waals surface area contributed by atoms with Gasteiger partial charge in [-0.15, -0.1) is 5.10 Å². The van der Waals surface area contributed by atoms with E-state index in [9.17, 15) is 13.6 Å². The summed E-state index contributed by atoms with van der Waals surface area (Å²) in [5.41, 5.74) is 0.440. The minimum Gasteiger partial charge on any atom is -0.486 e. The molecule has 0 saturated carbocycles. The molecule has 8 nitrogen and oxygen atoms in total. The van der Waals surface area contributed by atoms with Gasteiger partial charge in [-0.25, -0.2) is 8.78 Å². The van der Waals surface area contributed by atoms with E-state index < -0.39 is 11.7 Å². The molecule has 4 aromatic rings. The number of ether oxygens (including phenoxy) is 1. The van der Waals surface area contributed by atoms with Crippen molar-refractivity contribution in [1.82, 2.24) is 20.2 Å². The van der Waals surface area contributed by atoms with Crippen LogP contribution in [0.15, 0.2) is 59.0 Å². The van der Waals surface area contributed by atoms with E-state index in [4.69, 9.17) is 9.15 Å². The molecule has 0 spiro atoms. The summed E-state index contributed by atoms with van der Waals surface area (Å²) < 4.78 is 39.4. The molecular formula is C20H15F2N5O3. The third-order valence-electron chi connectivity index (χ3n) is 4.15. The van der Waals surface area contributed by atoms with E-state index in [0.717, 1.165) is 0 Å². The Morgan fingerprint density at radius 1 is 1.13 bits per heavy atom. The van der Waals surface area contributed by atoms with Crippen LogP contribution < -0.4 is 10.1 Å². The van der Waals surface area contributed by atoms with Crippen LogP contribution in [-0.4, -0.2) is 26.1 Å². The van der Waals surface area contributed by atoms with Crippen LogP contribution in [0.5, 0.6) is 5.75 Å². The van der Waals surface area contributed by atoms with Crippen molar-refractivity contribution in [2.24, 2.45) is 0 Å². The highest BCUT2D eigenvalue weighted by molar-refractivity contribution is 6.02. The lowest BCUT2D eigenvalue weighted by Crippen LogP contribution is -2.13. The molecule has 0 radical (unpaired) electrons. The lowest BCUT2D eigenvalue weighted by atomic mass is 10.2. The Labute approximate surface area is 169 Å². The molecule has 0 saturated heterocycles. The number of amides is 1. The van der Waals surface area contributed by atoms with E-state index in [1.807, 2.05) is 0 Å². The van der Waals surface area contributed by atoms with E-state index in [1.54, 1.807) is 13.0 Å². The Kier molecular flexibility index (Phi) is 5.21. The maximum Gasteiger partial charge on any atom is 0.291 e. The molecule has 2 aromatic carbocycles. The minimum absolute atomic E-state index is 0.0175. The van der Waals surface area contributed by atoms with Crippen LogP contribution in [0.25, 0.3) is 5.69 Å². The molecule has 2 heterocycles. The van der Waals surface area contributed by atoms with Gasteiger partial charge < -0.3 is 14.5 Å². The number of benzene rings is 2. The third-order valence-corrected chi connectivity index (χ3v) is 4.15. The number of nitrogens with one attached hydrogen (secondary N) is 1. The lowest BCUT2D eigenvalue weighted by molar-refractivity contribution is 0.0992. The number of aryl methyl sites for hydroxylation is 1. The molecule has 10 heteroatoms. The Morgan fingerprint density at radius 3 is 2.67 bits per heavy atom. The molecule has 152 valence electrons. The van der Waals surface area contributed by atoms with Crippen molar-refractivity contribution in [2.45, 2.75) is 13.5 Å². The second kappa shape index (κ2) is 8.11. The van der Waals surface area contributed by atoms with E-state index in [0.29, 0.717) is 23.0 Å². The number of nitrogens with zero attached hydrogens (tertiary/aromatic N) is 4. The molecule has 1 N–H and O–H groups in total. The summed E-state index contributed by atoms with van der Waals surface area (Å²) in [5.74, 6) is -0.298. The van der Waals surface area contributed by atoms with E-state index in [-0.39, 0.29) is 23.9 Å². The van der Waals surface area contributed by atoms with Gasteiger partial charge in [0.05, 0.1) is 11.4 Å². The van der Waals surface area contributed by atoms with Crippen LogP contribution in [0.4, 0.5) is 14.5 Å². The van der Waals surface area contributed by atoms with E-state index in [1.165, 1.54) is 53.2 Å². The van der Waals surface area contributed by atoms with Crippen molar-refractivity contribution in [3.8, 4) is 11.4 Å². The summed E-state index contributed by atoms with van der Waals surface area (Å²) in [4.78, 5) is 12.5. The number of hydrogen-bond acceptors (Lipinski definition) is 6. The average molecular weight is 411 g/mol. The summed E-state index contributed by atoms with van der Waals surface area (Å²) in [6.45, 7) is 1.74. The normalized spacial score (nSPS) is 10.8. The first-order valence-electron chi connectivity index (χ1n) is 8.83. The van der Waals surface area contributed by atoms with Crippen molar-refractivity contribution in [2.75, 3.05) is 5.32 Å². The fraction of sp³-hybridized carbons (Fsp3) is 0.100. The molecule has 0 aliphatic heterocycles. The van der Waals surface area contributed by atoms with Gasteiger partial charge >= 0.3 is 0 Å². The first-order valence-corrected chi connectivity index (χ1v) is 8.83. The van der Waals surface area contributed by atoms with Crippen molar-refractivity contribution < 1.29 is 22.7 Å². The summed E-state index contributed by atoms with van der Waals surface area (Å²) >= 11 is 0. The van der Waals surface area contributed by atoms with Crippen LogP contribution >= 0.6 is 0 Å². The van der Waals surface area contributed by atoms with Gasteiger partial charge in [-0.05, 0) is 71.9 Å². The largest absolute Gasteiger partial charge is 0.486 e. The van der Waals surface area contributed by atoms with Crippen LogP contribution in [-0.2, 0) is 6.61 Å². The van der Waals surface area contributed by atoms with E-state index >= 15 is 0 Å². The quantitative estimate of drug-likeness (QED) is 0.520. The zero-order valence-corrected chi connectivity index (χ0v) is 15.7. The molecule has 0 atom stereocenters. The minimum atomic E-state index is -0.632. The topological polar surface area (TPSA) is 95.1 Å². The smallest absolute Gasteiger partial charge is 0.291 e. The number of rotatable bonds is 6. The Balaban J connectivity index is 1.44. The zero-order valence-electron chi connectivity index (χ0n) is 15.7. The van der Waals surface area contributed by atoms with Gasteiger partial charge in [-0.3, -0.25) is 4.79 Å². The number of aromatic nitrogens is 4. The first kappa shape index (κ1) is 19.2. The molecule has 2 aromatic heterocycles. The molecule has 4 rings (SSSR count). The Hall–Kier alpha value is -4.08. The van der Waals surface area contributed by atoms with Crippen molar-refractivity contribution >= 4 is 11.6 Å². The number of carbonyl (C=O) groups is 1. The second-order valence-electron chi connectivity index (χ2n) is 6.26. The highest BCUT2D eigenvalue weighted by Crippen LogP contribution is 2.21. The Bertz CT molecular complexity index is 1190. The third kappa shape index (κ3) is 4.17. The highest BCUT2D eigenvalue weighted by Gasteiger charge is 2.15. The maximum absolute atomic E-state index is 14.2. The predicted octanol–water partition coefficient (Wildman–Crippen LogP) is 3.67. The van der Waals surface area contributed by atoms with Crippen molar-refractivity contribution in [3.05, 3.63) is 83.6 Å². The van der Waals surface area contributed by atoms with Crippen molar-refractivity contribution in [3.63, 3.8) is 0 Å². The molecule has 1 amide bonds. The second-order valence-corrected chi connectivity index (χ2v) is 6.26. The number of hydrogen-bond donors (Lipinski definition) is 1. The first-order chi connectivity index (χ1) is 14.5. The molecular weight excluding hydrogens is 396 g/mol. The van der Waals surface area contributed by atoms with Crippen LogP contribution in [0.2, 0.25) is 0 Å². The van der Waals surface area contributed by atoms with Gasteiger partial charge in [-0.1, -0.05) is 0 Å². The van der Waals surface area contributed by atoms with Gasteiger partial charge in [0.25, 0.3) is 5.91 Å². The molecule has 0 bridgehead atoms. The number of tetrazole rings is 1. The standard InChI is InChI=1S/C20H15F2N5O3/c1-12-24-25-26-27(12)14-4-8-17(22)18(10-14)23-20(28)19-9-7-16(30-19)11-29-15-5-2-13(21)3-6-15/h2-10H,11H2,1H3,(H,23,28). The molecule has 0 aliphatic carbocycles. The summed E-state index contributed by atoms with van der Waals surface area (Å²) in [6.07, 6.45) is 0. The number of furan rings is 1. The van der Waals surface area contributed by atoms with Crippen molar-refractivity contribution in [1.29, 1.82) is 0 Å². The fourth-order valence-electron chi connectivity index (χ4n) is 2.66. The predicted molar refractivity (Wildman–Crippen MR) is 101 cm³/mol. The van der Waals surface area contributed by atoms with Gasteiger partial charge in [0.1, 0.15) is 29.8 Å². The molecule has 30 heavy (non-hydrogen) atoms. The molecule has 0 unspecified atom stereocenters. The monoisotopic (exact) mass is 411 g/mol. The van der Waals surface area contributed by atoms with Gasteiger partial charge in [-0.2, -0.15) is 4.68 Å². The lowest BCUT2D eigenvalue weighted by Gasteiger charge is -2.08. The summed E-state index contributed by atoms with van der Waals surface area (Å²) in [5, 5.41) is 13.6. The van der Waals surface area contributed by atoms with Gasteiger partial charge in [0.15, 0.2) is 11.6 Å². The number of anilines is 1. The average Bonchev–Trinajstić information content (AvgIpc) is 3.38. The summed E-state index contributed by atoms with van der Waals surface area (Å²) in [6, 6.07) is 12.6. The van der Waals surface area contributed by atoms with Crippen LogP contribution in [0.3, 0.4) is 0 Å².